The van der Waals surface area contributed by atoms with Gasteiger partial charge in [0, 0.05) is 12.6 Å². The molecule has 2 N–H and O–H groups in total. The highest BCUT2D eigenvalue weighted by atomic mass is 19.1. The maximum Gasteiger partial charge on any atom is 0.305 e. The number of alkyl halides is 1. The molecule has 1 aliphatic rings. The molecule has 0 aromatic carbocycles. The summed E-state index contributed by atoms with van der Waals surface area (Å²) in [5, 5.41) is 15.3. The Morgan fingerprint density at radius 2 is 2.10 bits per heavy atom. The number of aromatic nitrogens is 1. The Labute approximate surface area is 168 Å². The number of Topliss-reactive ketones (excluding diaryl/α,β-unsaturated/α-hetero) is 1. The van der Waals surface area contributed by atoms with Gasteiger partial charge in [-0.05, 0) is 36.5 Å². The smallest absolute Gasteiger partial charge is 0.305 e. The van der Waals surface area contributed by atoms with Crippen LogP contribution in [0.25, 0.3) is 0 Å². The molecule has 9 heteroatoms. The fourth-order valence-electron chi connectivity index (χ4n) is 3.12. The van der Waals surface area contributed by atoms with E-state index in [0.717, 1.165) is 12.0 Å². The molecule has 1 aliphatic heterocycles. The lowest BCUT2D eigenvalue weighted by molar-refractivity contribution is -0.148. The Morgan fingerprint density at radius 3 is 2.69 bits per heavy atom. The number of ketones is 1. The minimum atomic E-state index is -1.46. The molecule has 0 aliphatic carbocycles. The fraction of sp³-hybridized carbons (Fsp3) is 0.550. The molecule has 29 heavy (non-hydrogen) atoms. The van der Waals surface area contributed by atoms with Gasteiger partial charge < -0.3 is 15.3 Å². The number of hydrogen-bond acceptors (Lipinski definition) is 6. The summed E-state index contributed by atoms with van der Waals surface area (Å²) >= 11 is 0. The van der Waals surface area contributed by atoms with Crippen molar-refractivity contribution in [2.45, 2.75) is 58.1 Å². The van der Waals surface area contributed by atoms with Gasteiger partial charge in [0.05, 0.1) is 12.1 Å². The Bertz CT molecular complexity index is 811. The molecule has 0 spiro atoms. The zero-order chi connectivity index (χ0) is 21.6. The monoisotopic (exact) mass is 407 g/mol. The molecule has 0 fully saturated rings. The number of halogens is 1. The summed E-state index contributed by atoms with van der Waals surface area (Å²) in [5.41, 5.74) is 0.756. The molecule has 2 rings (SSSR count). The second kappa shape index (κ2) is 9.58. The van der Waals surface area contributed by atoms with Crippen LogP contribution in [0, 0.1) is 5.92 Å². The van der Waals surface area contributed by atoms with Gasteiger partial charge in [-0.2, -0.15) is 0 Å². The van der Waals surface area contributed by atoms with E-state index in [2.05, 4.69) is 29.3 Å². The SMILES string of the molecule is CCC1(C(=O)N[C@@H](CC(=O)O)C(=O)CF)CC(c2cc(CC(C)C)ccn2)=NO1. The Morgan fingerprint density at radius 1 is 1.38 bits per heavy atom. The molecule has 1 aromatic rings. The first-order valence-corrected chi connectivity index (χ1v) is 9.52. The summed E-state index contributed by atoms with van der Waals surface area (Å²) in [6, 6.07) is 2.35. The zero-order valence-electron chi connectivity index (χ0n) is 16.8. The molecule has 0 bridgehead atoms. The van der Waals surface area contributed by atoms with Crippen molar-refractivity contribution in [1.82, 2.24) is 10.3 Å². The van der Waals surface area contributed by atoms with E-state index in [-0.39, 0.29) is 12.8 Å². The van der Waals surface area contributed by atoms with E-state index in [1.54, 1.807) is 13.1 Å². The number of hydrogen-bond donors (Lipinski definition) is 2. The molecule has 1 unspecified atom stereocenters. The standard InChI is InChI=1S/C20H26FN3O5/c1-4-20(19(28)23-15(9-18(26)27)17(25)11-21)10-16(24-29-20)14-8-13(5-6-22-14)7-12(2)3/h5-6,8,12,15H,4,7,9-11H2,1-3H3,(H,23,28)(H,26,27)/t15-,20?/m0/s1. The van der Waals surface area contributed by atoms with Crippen LogP contribution in [0.3, 0.4) is 0 Å². The van der Waals surface area contributed by atoms with Gasteiger partial charge in [0.1, 0.15) is 18.4 Å². The molecule has 1 aromatic heterocycles. The second-order valence-corrected chi connectivity index (χ2v) is 7.53. The minimum Gasteiger partial charge on any atom is -0.481 e. The van der Waals surface area contributed by atoms with Crippen LogP contribution in [-0.4, -0.2) is 51.8 Å². The van der Waals surface area contributed by atoms with E-state index < -0.39 is 42.4 Å². The van der Waals surface area contributed by atoms with Crippen molar-refractivity contribution < 1.29 is 28.7 Å². The van der Waals surface area contributed by atoms with Gasteiger partial charge in [-0.1, -0.05) is 25.9 Å². The Hall–Kier alpha value is -2.84. The van der Waals surface area contributed by atoms with Crippen molar-refractivity contribution in [2.75, 3.05) is 6.67 Å². The molecule has 0 saturated carbocycles. The van der Waals surface area contributed by atoms with Gasteiger partial charge in [0.25, 0.3) is 5.91 Å². The number of amides is 1. The number of nitrogens with one attached hydrogen (secondary N) is 1. The normalized spacial score (nSPS) is 19.4. The molecule has 2 atom stereocenters. The zero-order valence-corrected chi connectivity index (χ0v) is 16.8. The molecule has 1 amide bonds. The topological polar surface area (TPSA) is 118 Å². The van der Waals surface area contributed by atoms with Crippen LogP contribution in [0.2, 0.25) is 0 Å². The molecule has 0 radical (unpaired) electrons. The molecular formula is C20H26FN3O5. The highest BCUT2D eigenvalue weighted by Crippen LogP contribution is 2.30. The third-order valence-corrected chi connectivity index (χ3v) is 4.74. The van der Waals surface area contributed by atoms with Crippen molar-refractivity contribution in [2.24, 2.45) is 11.1 Å². The average Bonchev–Trinajstić information content (AvgIpc) is 3.12. The van der Waals surface area contributed by atoms with Gasteiger partial charge in [-0.15, -0.1) is 0 Å². The minimum absolute atomic E-state index is 0.108. The van der Waals surface area contributed by atoms with Crippen molar-refractivity contribution in [3.05, 3.63) is 29.6 Å². The van der Waals surface area contributed by atoms with Crippen LogP contribution in [0.15, 0.2) is 23.5 Å². The third kappa shape index (κ3) is 5.58. The summed E-state index contributed by atoms with van der Waals surface area (Å²) in [6.07, 6.45) is 2.16. The van der Waals surface area contributed by atoms with Crippen LogP contribution in [0.5, 0.6) is 0 Å². The number of carbonyl (C=O) groups excluding carboxylic acids is 2. The summed E-state index contributed by atoms with van der Waals surface area (Å²) in [5.74, 6) is -2.57. The van der Waals surface area contributed by atoms with Gasteiger partial charge in [-0.25, -0.2) is 4.39 Å². The van der Waals surface area contributed by atoms with E-state index in [1.807, 2.05) is 12.1 Å². The first-order chi connectivity index (χ1) is 13.7. The number of carboxylic acid groups (broad SMARTS) is 1. The van der Waals surface area contributed by atoms with E-state index in [4.69, 9.17) is 9.94 Å². The predicted molar refractivity (Wildman–Crippen MR) is 103 cm³/mol. The first-order valence-electron chi connectivity index (χ1n) is 9.52. The van der Waals surface area contributed by atoms with Gasteiger partial charge in [0.2, 0.25) is 5.60 Å². The highest BCUT2D eigenvalue weighted by molar-refractivity contribution is 6.05. The van der Waals surface area contributed by atoms with E-state index in [9.17, 15) is 18.8 Å². The number of oxime groups is 1. The largest absolute Gasteiger partial charge is 0.481 e. The number of pyridine rings is 1. The molecule has 2 heterocycles. The first kappa shape index (κ1) is 22.4. The van der Waals surface area contributed by atoms with Crippen LogP contribution in [0.1, 0.15) is 51.3 Å². The molecule has 0 saturated heterocycles. The van der Waals surface area contributed by atoms with Crippen molar-refractivity contribution in [1.29, 1.82) is 0 Å². The molecule has 158 valence electrons. The predicted octanol–water partition coefficient (Wildman–Crippen LogP) is 2.05. The van der Waals surface area contributed by atoms with Crippen LogP contribution < -0.4 is 5.32 Å². The second-order valence-electron chi connectivity index (χ2n) is 7.53. The quantitative estimate of drug-likeness (QED) is 0.613. The lowest BCUT2D eigenvalue weighted by Gasteiger charge is -2.26. The number of rotatable bonds is 10. The lowest BCUT2D eigenvalue weighted by atomic mass is 9.91. The average molecular weight is 407 g/mol. The van der Waals surface area contributed by atoms with E-state index in [1.165, 1.54) is 0 Å². The fourth-order valence-corrected chi connectivity index (χ4v) is 3.12. The Balaban J connectivity index is 2.16. The van der Waals surface area contributed by atoms with Crippen LogP contribution >= 0.6 is 0 Å². The summed E-state index contributed by atoms with van der Waals surface area (Å²) in [6.45, 7) is 4.56. The molecule has 8 nitrogen and oxygen atoms in total. The number of carbonyl (C=O) groups is 3. The van der Waals surface area contributed by atoms with Crippen molar-refractivity contribution in [3.63, 3.8) is 0 Å². The summed E-state index contributed by atoms with van der Waals surface area (Å²) in [7, 11) is 0. The number of carboxylic acids is 1. The van der Waals surface area contributed by atoms with Gasteiger partial charge in [0.15, 0.2) is 5.78 Å². The third-order valence-electron chi connectivity index (χ3n) is 4.74. The van der Waals surface area contributed by atoms with Crippen molar-refractivity contribution in [3.8, 4) is 0 Å². The van der Waals surface area contributed by atoms with Crippen molar-refractivity contribution >= 4 is 23.4 Å². The number of nitrogens with zero attached hydrogens (tertiary/aromatic N) is 2. The van der Waals surface area contributed by atoms with E-state index >= 15 is 0 Å². The van der Waals surface area contributed by atoms with Crippen LogP contribution in [-0.2, 0) is 25.6 Å². The van der Waals surface area contributed by atoms with Crippen LogP contribution in [0.4, 0.5) is 4.39 Å². The Kier molecular flexibility index (Phi) is 7.41. The summed E-state index contributed by atoms with van der Waals surface area (Å²) in [4.78, 5) is 45.2. The maximum absolute atomic E-state index is 12.8. The summed E-state index contributed by atoms with van der Waals surface area (Å²) < 4.78 is 12.7. The highest BCUT2D eigenvalue weighted by Gasteiger charge is 2.46. The van der Waals surface area contributed by atoms with Gasteiger partial charge in [-0.3, -0.25) is 19.4 Å². The maximum atomic E-state index is 12.8. The van der Waals surface area contributed by atoms with Gasteiger partial charge >= 0.3 is 5.97 Å². The van der Waals surface area contributed by atoms with E-state index in [0.29, 0.717) is 17.3 Å². The lowest BCUT2D eigenvalue weighted by Crippen LogP contribution is -2.53. The number of aliphatic carboxylic acids is 1. The molecular weight excluding hydrogens is 381 g/mol.